The van der Waals surface area contributed by atoms with Crippen LogP contribution >= 0.6 is 34.8 Å². The molecule has 0 bridgehead atoms. The number of fused-ring (bicyclic) bond motifs is 1. The fraction of sp³-hybridized carbons (Fsp3) is 0.235. The molecule has 28 heavy (non-hydrogen) atoms. The summed E-state index contributed by atoms with van der Waals surface area (Å²) in [5.41, 5.74) is 0.485. The average molecular weight is 466 g/mol. The number of nitrogens with zero attached hydrogens (tertiary/aromatic N) is 1. The fourth-order valence-corrected chi connectivity index (χ4v) is 4.09. The zero-order chi connectivity index (χ0) is 20.5. The van der Waals surface area contributed by atoms with Crippen molar-refractivity contribution in [3.63, 3.8) is 0 Å². The Kier molecular flexibility index (Phi) is 6.14. The minimum absolute atomic E-state index is 0.0481. The van der Waals surface area contributed by atoms with Gasteiger partial charge in [-0.1, -0.05) is 34.8 Å². The lowest BCUT2D eigenvalue weighted by atomic mass is 10.2. The standard InChI is InChI=1S/C17H15Cl3N2O5S/c1-28(24,25)22(14-8-12(19)11(18)7-13(14)20)9-17(23)21-10-2-3-15-16(6-10)27-5-4-26-15/h2-3,6-8H,4-5,9H2,1H3,(H,21,23). The Morgan fingerprint density at radius 3 is 2.36 bits per heavy atom. The number of rotatable bonds is 5. The van der Waals surface area contributed by atoms with Crippen LogP contribution < -0.4 is 19.1 Å². The maximum Gasteiger partial charge on any atom is 0.245 e. The second-order valence-corrected chi connectivity index (χ2v) is 9.02. The van der Waals surface area contributed by atoms with Crippen LogP contribution in [0.4, 0.5) is 11.4 Å². The molecule has 3 rings (SSSR count). The number of ether oxygens (including phenoxy) is 2. The molecule has 1 aliphatic rings. The minimum atomic E-state index is -3.83. The molecule has 1 amide bonds. The number of benzene rings is 2. The molecule has 0 fully saturated rings. The smallest absolute Gasteiger partial charge is 0.245 e. The molecule has 0 saturated carbocycles. The monoisotopic (exact) mass is 464 g/mol. The highest BCUT2D eigenvalue weighted by Crippen LogP contribution is 2.36. The SMILES string of the molecule is CS(=O)(=O)N(CC(=O)Nc1ccc2c(c1)OCCO2)c1cc(Cl)c(Cl)cc1Cl. The van der Waals surface area contributed by atoms with Crippen molar-refractivity contribution in [2.24, 2.45) is 0 Å². The van der Waals surface area contributed by atoms with Gasteiger partial charge < -0.3 is 14.8 Å². The molecule has 150 valence electrons. The van der Waals surface area contributed by atoms with Crippen molar-refractivity contribution in [2.45, 2.75) is 0 Å². The van der Waals surface area contributed by atoms with Gasteiger partial charge in [0.2, 0.25) is 15.9 Å². The van der Waals surface area contributed by atoms with Gasteiger partial charge in [0.05, 0.1) is 27.0 Å². The van der Waals surface area contributed by atoms with Crippen molar-refractivity contribution >= 4 is 62.1 Å². The average Bonchev–Trinajstić information content (AvgIpc) is 2.62. The Labute approximate surface area is 177 Å². The summed E-state index contributed by atoms with van der Waals surface area (Å²) in [4.78, 5) is 12.5. The van der Waals surface area contributed by atoms with Crippen molar-refractivity contribution in [3.8, 4) is 11.5 Å². The van der Waals surface area contributed by atoms with Crippen LogP contribution in [0.2, 0.25) is 15.1 Å². The van der Waals surface area contributed by atoms with E-state index in [0.717, 1.165) is 10.6 Å². The maximum absolute atomic E-state index is 12.5. The number of halogens is 3. The first-order valence-corrected chi connectivity index (χ1v) is 10.9. The number of nitrogens with one attached hydrogen (secondary N) is 1. The van der Waals surface area contributed by atoms with Gasteiger partial charge in [0.25, 0.3) is 0 Å². The van der Waals surface area contributed by atoms with Gasteiger partial charge >= 0.3 is 0 Å². The number of amides is 1. The van der Waals surface area contributed by atoms with E-state index in [2.05, 4.69) is 5.32 Å². The quantitative estimate of drug-likeness (QED) is 0.679. The van der Waals surface area contributed by atoms with E-state index in [-0.39, 0.29) is 20.8 Å². The third-order valence-corrected chi connectivity index (χ3v) is 5.92. The number of sulfonamides is 1. The van der Waals surface area contributed by atoms with E-state index in [1.54, 1.807) is 18.2 Å². The zero-order valence-corrected chi connectivity index (χ0v) is 17.6. The summed E-state index contributed by atoms with van der Waals surface area (Å²) in [5.74, 6) is 0.491. The van der Waals surface area contributed by atoms with Crippen LogP contribution in [-0.4, -0.2) is 40.3 Å². The van der Waals surface area contributed by atoms with E-state index in [9.17, 15) is 13.2 Å². The molecule has 0 aromatic heterocycles. The van der Waals surface area contributed by atoms with Crippen molar-refractivity contribution < 1.29 is 22.7 Å². The topological polar surface area (TPSA) is 84.9 Å². The lowest BCUT2D eigenvalue weighted by molar-refractivity contribution is -0.114. The Morgan fingerprint density at radius 1 is 1.04 bits per heavy atom. The summed E-state index contributed by atoms with van der Waals surface area (Å²) in [6.07, 6.45) is 0.962. The number of hydrogen-bond acceptors (Lipinski definition) is 5. The molecule has 1 N–H and O–H groups in total. The molecule has 0 unspecified atom stereocenters. The molecule has 7 nitrogen and oxygen atoms in total. The van der Waals surface area contributed by atoms with Crippen LogP contribution in [0.1, 0.15) is 0 Å². The van der Waals surface area contributed by atoms with E-state index in [4.69, 9.17) is 44.3 Å². The molecule has 0 aliphatic carbocycles. The molecule has 2 aromatic carbocycles. The number of anilines is 2. The van der Waals surface area contributed by atoms with Crippen molar-refractivity contribution in [1.29, 1.82) is 0 Å². The Bertz CT molecular complexity index is 1030. The van der Waals surface area contributed by atoms with Crippen LogP contribution in [0, 0.1) is 0 Å². The van der Waals surface area contributed by atoms with Crippen molar-refractivity contribution in [1.82, 2.24) is 0 Å². The highest BCUT2D eigenvalue weighted by molar-refractivity contribution is 7.92. The zero-order valence-electron chi connectivity index (χ0n) is 14.5. The molecule has 0 saturated heterocycles. The normalized spacial score (nSPS) is 13.1. The van der Waals surface area contributed by atoms with Crippen LogP contribution in [0.3, 0.4) is 0 Å². The Morgan fingerprint density at radius 2 is 1.68 bits per heavy atom. The summed E-state index contributed by atoms with van der Waals surface area (Å²) in [7, 11) is -3.83. The van der Waals surface area contributed by atoms with Gasteiger partial charge in [0.1, 0.15) is 19.8 Å². The predicted octanol–water partition coefficient (Wildman–Crippen LogP) is 3.82. The first-order valence-electron chi connectivity index (χ1n) is 7.97. The first kappa shape index (κ1) is 20.9. The molecule has 11 heteroatoms. The maximum atomic E-state index is 12.5. The lowest BCUT2D eigenvalue weighted by Crippen LogP contribution is -2.37. The highest BCUT2D eigenvalue weighted by atomic mass is 35.5. The molecule has 2 aromatic rings. The van der Waals surface area contributed by atoms with Crippen LogP contribution in [-0.2, 0) is 14.8 Å². The summed E-state index contributed by atoms with van der Waals surface area (Å²) >= 11 is 18.0. The van der Waals surface area contributed by atoms with Gasteiger partial charge in [-0.25, -0.2) is 8.42 Å². The summed E-state index contributed by atoms with van der Waals surface area (Å²) in [6.45, 7) is 0.347. The summed E-state index contributed by atoms with van der Waals surface area (Å²) in [6, 6.07) is 7.50. The molecule has 1 aliphatic heterocycles. The van der Waals surface area contributed by atoms with E-state index in [0.29, 0.717) is 30.4 Å². The molecule has 0 spiro atoms. The number of carbonyl (C=O) groups excluding carboxylic acids is 1. The second-order valence-electron chi connectivity index (χ2n) is 5.89. The van der Waals surface area contributed by atoms with Gasteiger partial charge in [-0.15, -0.1) is 0 Å². The lowest BCUT2D eigenvalue weighted by Gasteiger charge is -2.23. The molecule has 0 radical (unpaired) electrons. The summed E-state index contributed by atoms with van der Waals surface area (Å²) < 4.78 is 36.2. The largest absolute Gasteiger partial charge is 0.486 e. The van der Waals surface area contributed by atoms with E-state index in [1.165, 1.54) is 12.1 Å². The molecular formula is C17H15Cl3N2O5S. The van der Waals surface area contributed by atoms with Crippen molar-refractivity contribution in [2.75, 3.05) is 35.6 Å². The Hall–Kier alpha value is -1.87. The second kappa shape index (κ2) is 8.24. The van der Waals surface area contributed by atoms with Crippen LogP contribution in [0.15, 0.2) is 30.3 Å². The molecular weight excluding hydrogens is 451 g/mol. The molecule has 0 atom stereocenters. The van der Waals surface area contributed by atoms with E-state index < -0.39 is 22.5 Å². The summed E-state index contributed by atoms with van der Waals surface area (Å²) in [5, 5.41) is 2.96. The third kappa shape index (κ3) is 4.75. The van der Waals surface area contributed by atoms with Gasteiger partial charge in [0.15, 0.2) is 11.5 Å². The van der Waals surface area contributed by atoms with Gasteiger partial charge in [-0.3, -0.25) is 9.10 Å². The number of carbonyl (C=O) groups is 1. The van der Waals surface area contributed by atoms with Gasteiger partial charge in [-0.2, -0.15) is 0 Å². The molecule has 1 heterocycles. The van der Waals surface area contributed by atoms with E-state index in [1.807, 2.05) is 0 Å². The van der Waals surface area contributed by atoms with Gasteiger partial charge in [-0.05, 0) is 24.3 Å². The predicted molar refractivity (Wildman–Crippen MR) is 110 cm³/mol. The van der Waals surface area contributed by atoms with Crippen molar-refractivity contribution in [3.05, 3.63) is 45.4 Å². The first-order chi connectivity index (χ1) is 13.1. The number of hydrogen-bond donors (Lipinski definition) is 1. The van der Waals surface area contributed by atoms with Crippen LogP contribution in [0.25, 0.3) is 0 Å². The minimum Gasteiger partial charge on any atom is -0.486 e. The van der Waals surface area contributed by atoms with Gasteiger partial charge in [0, 0.05) is 11.8 Å². The highest BCUT2D eigenvalue weighted by Gasteiger charge is 2.24. The Balaban J connectivity index is 1.82. The van der Waals surface area contributed by atoms with Crippen LogP contribution in [0.5, 0.6) is 11.5 Å². The third-order valence-electron chi connectivity index (χ3n) is 3.77. The fourth-order valence-electron chi connectivity index (χ4n) is 2.54. The van der Waals surface area contributed by atoms with E-state index >= 15 is 0 Å².